The van der Waals surface area contributed by atoms with Crippen LogP contribution in [-0.2, 0) is 13.0 Å². The number of fused-ring (bicyclic) bond motifs is 3. The van der Waals surface area contributed by atoms with Crippen molar-refractivity contribution in [3.63, 3.8) is 0 Å². The van der Waals surface area contributed by atoms with Crippen LogP contribution in [0, 0.1) is 0 Å². The van der Waals surface area contributed by atoms with Crippen LogP contribution in [0.25, 0.3) is 10.9 Å². The SMILES string of the molecule is c1ccc(Oc2ccc3c(c2)c2c4n3CCN[C@@H]4CCC2)cc1. The lowest BCUT2D eigenvalue weighted by Crippen LogP contribution is -2.35. The van der Waals surface area contributed by atoms with E-state index in [2.05, 4.69) is 28.1 Å². The lowest BCUT2D eigenvalue weighted by atomic mass is 9.91. The summed E-state index contributed by atoms with van der Waals surface area (Å²) in [5.41, 5.74) is 4.42. The van der Waals surface area contributed by atoms with Gasteiger partial charge >= 0.3 is 0 Å². The standard InChI is InChI=1S/C20H20N2O/c1-2-5-14(6-3-1)23-15-9-10-19-17(13-15)16-7-4-8-18-20(16)22(19)12-11-21-18/h1-3,5-6,9-10,13,18,21H,4,7-8,11-12H2/t18-/m1/s1. The second kappa shape index (κ2) is 5.14. The van der Waals surface area contributed by atoms with E-state index in [0.717, 1.165) is 24.6 Å². The zero-order valence-electron chi connectivity index (χ0n) is 13.1. The third-order valence-corrected chi connectivity index (χ3v) is 5.14. The summed E-state index contributed by atoms with van der Waals surface area (Å²) in [6, 6.07) is 17.1. The van der Waals surface area contributed by atoms with Gasteiger partial charge in [-0.1, -0.05) is 18.2 Å². The Morgan fingerprint density at radius 1 is 1.04 bits per heavy atom. The highest BCUT2D eigenvalue weighted by Crippen LogP contribution is 2.40. The van der Waals surface area contributed by atoms with Crippen LogP contribution < -0.4 is 10.1 Å². The molecule has 1 N–H and O–H groups in total. The number of nitrogens with one attached hydrogen (secondary N) is 1. The van der Waals surface area contributed by atoms with Gasteiger partial charge in [-0.15, -0.1) is 0 Å². The largest absolute Gasteiger partial charge is 0.457 e. The van der Waals surface area contributed by atoms with Crippen molar-refractivity contribution in [2.45, 2.75) is 31.8 Å². The number of aromatic nitrogens is 1. The van der Waals surface area contributed by atoms with E-state index in [4.69, 9.17) is 4.74 Å². The number of hydrogen-bond acceptors (Lipinski definition) is 2. The molecule has 2 heterocycles. The second-order valence-electron chi connectivity index (χ2n) is 6.51. The fraction of sp³-hybridized carbons (Fsp3) is 0.300. The van der Waals surface area contributed by atoms with Gasteiger partial charge < -0.3 is 14.6 Å². The molecule has 0 spiro atoms. The molecular formula is C20H20N2O. The summed E-state index contributed by atoms with van der Waals surface area (Å²) >= 11 is 0. The number of para-hydroxylation sites is 1. The summed E-state index contributed by atoms with van der Waals surface area (Å²) in [7, 11) is 0. The van der Waals surface area contributed by atoms with Crippen molar-refractivity contribution >= 4 is 10.9 Å². The highest BCUT2D eigenvalue weighted by Gasteiger charge is 2.29. The Kier molecular flexibility index (Phi) is 2.95. The van der Waals surface area contributed by atoms with Crippen LogP contribution in [0.2, 0.25) is 0 Å². The fourth-order valence-corrected chi connectivity index (χ4v) is 4.18. The van der Waals surface area contributed by atoms with E-state index in [-0.39, 0.29) is 0 Å². The van der Waals surface area contributed by atoms with Crippen LogP contribution in [-0.4, -0.2) is 11.1 Å². The van der Waals surface area contributed by atoms with Crippen LogP contribution in [0.4, 0.5) is 0 Å². The van der Waals surface area contributed by atoms with E-state index in [0.29, 0.717) is 6.04 Å². The van der Waals surface area contributed by atoms with Gasteiger partial charge in [0.25, 0.3) is 0 Å². The lowest BCUT2D eigenvalue weighted by molar-refractivity contribution is 0.384. The van der Waals surface area contributed by atoms with Crippen molar-refractivity contribution in [3.05, 3.63) is 59.8 Å². The smallest absolute Gasteiger partial charge is 0.128 e. The molecule has 23 heavy (non-hydrogen) atoms. The maximum Gasteiger partial charge on any atom is 0.128 e. The molecule has 2 aromatic carbocycles. The van der Waals surface area contributed by atoms with Gasteiger partial charge in [-0.3, -0.25) is 0 Å². The van der Waals surface area contributed by atoms with Gasteiger partial charge in [0.05, 0.1) is 0 Å². The molecule has 0 unspecified atom stereocenters. The predicted molar refractivity (Wildman–Crippen MR) is 92.1 cm³/mol. The summed E-state index contributed by atoms with van der Waals surface area (Å²) in [5, 5.41) is 5.06. The van der Waals surface area contributed by atoms with E-state index in [9.17, 15) is 0 Å². The average molecular weight is 304 g/mol. The molecule has 1 atom stereocenters. The minimum Gasteiger partial charge on any atom is -0.457 e. The quantitative estimate of drug-likeness (QED) is 0.759. The Labute approximate surface area is 135 Å². The molecule has 0 amide bonds. The van der Waals surface area contributed by atoms with Gasteiger partial charge in [0, 0.05) is 35.7 Å². The number of ether oxygens (including phenoxy) is 1. The molecule has 1 aromatic heterocycles. The monoisotopic (exact) mass is 304 g/mol. The van der Waals surface area contributed by atoms with Gasteiger partial charge in [0.2, 0.25) is 0 Å². The molecule has 116 valence electrons. The van der Waals surface area contributed by atoms with E-state index < -0.39 is 0 Å². The molecule has 0 radical (unpaired) electrons. The molecule has 0 saturated heterocycles. The zero-order chi connectivity index (χ0) is 15.2. The average Bonchev–Trinajstić information content (AvgIpc) is 2.92. The first-order valence-corrected chi connectivity index (χ1v) is 8.51. The maximum absolute atomic E-state index is 6.04. The highest BCUT2D eigenvalue weighted by atomic mass is 16.5. The number of hydrogen-bond donors (Lipinski definition) is 1. The van der Waals surface area contributed by atoms with E-state index in [1.165, 1.54) is 41.4 Å². The Bertz CT molecular complexity index is 864. The molecule has 1 aliphatic carbocycles. The summed E-state index contributed by atoms with van der Waals surface area (Å²) in [5.74, 6) is 1.82. The van der Waals surface area contributed by atoms with Gasteiger partial charge in [-0.05, 0) is 55.2 Å². The first kappa shape index (κ1) is 13.2. The molecule has 3 heteroatoms. The topological polar surface area (TPSA) is 26.2 Å². The molecule has 0 bridgehead atoms. The zero-order valence-corrected chi connectivity index (χ0v) is 13.1. The predicted octanol–water partition coefficient (Wildman–Crippen LogP) is 4.41. The summed E-state index contributed by atoms with van der Waals surface area (Å²) in [4.78, 5) is 0. The lowest BCUT2D eigenvalue weighted by Gasteiger charge is -2.31. The van der Waals surface area contributed by atoms with Crippen LogP contribution >= 0.6 is 0 Å². The van der Waals surface area contributed by atoms with Crippen molar-refractivity contribution in [1.29, 1.82) is 0 Å². The number of nitrogens with zero attached hydrogens (tertiary/aromatic N) is 1. The molecule has 5 rings (SSSR count). The van der Waals surface area contributed by atoms with Crippen LogP contribution in [0.1, 0.15) is 30.1 Å². The molecule has 0 fully saturated rings. The van der Waals surface area contributed by atoms with Crippen molar-refractivity contribution in [3.8, 4) is 11.5 Å². The summed E-state index contributed by atoms with van der Waals surface area (Å²) in [6.07, 6.45) is 3.72. The fourth-order valence-electron chi connectivity index (χ4n) is 4.18. The van der Waals surface area contributed by atoms with E-state index >= 15 is 0 Å². The van der Waals surface area contributed by atoms with Crippen LogP contribution in [0.3, 0.4) is 0 Å². The van der Waals surface area contributed by atoms with Gasteiger partial charge in [0.1, 0.15) is 11.5 Å². The van der Waals surface area contributed by atoms with Gasteiger partial charge in [-0.25, -0.2) is 0 Å². The minimum absolute atomic E-state index is 0.540. The van der Waals surface area contributed by atoms with Crippen LogP contribution in [0.5, 0.6) is 11.5 Å². The first-order valence-electron chi connectivity index (χ1n) is 8.51. The summed E-state index contributed by atoms with van der Waals surface area (Å²) in [6.45, 7) is 2.14. The van der Waals surface area contributed by atoms with E-state index in [1.807, 2.05) is 30.3 Å². The van der Waals surface area contributed by atoms with Crippen molar-refractivity contribution in [1.82, 2.24) is 9.88 Å². The Morgan fingerprint density at radius 3 is 2.87 bits per heavy atom. The van der Waals surface area contributed by atoms with Crippen molar-refractivity contribution in [2.24, 2.45) is 0 Å². The third kappa shape index (κ3) is 2.07. The van der Waals surface area contributed by atoms with Gasteiger partial charge in [0.15, 0.2) is 0 Å². The Morgan fingerprint density at radius 2 is 1.96 bits per heavy atom. The Balaban J connectivity index is 1.63. The van der Waals surface area contributed by atoms with E-state index in [1.54, 1.807) is 0 Å². The first-order chi connectivity index (χ1) is 11.4. The molecule has 3 nitrogen and oxygen atoms in total. The Hall–Kier alpha value is -2.26. The number of aryl methyl sites for hydroxylation is 1. The van der Waals surface area contributed by atoms with Crippen molar-refractivity contribution in [2.75, 3.05) is 6.54 Å². The van der Waals surface area contributed by atoms with Crippen LogP contribution in [0.15, 0.2) is 48.5 Å². The normalized spacial score (nSPS) is 19.6. The highest BCUT2D eigenvalue weighted by molar-refractivity contribution is 5.87. The third-order valence-electron chi connectivity index (χ3n) is 5.14. The molecule has 0 saturated carbocycles. The second-order valence-corrected chi connectivity index (χ2v) is 6.51. The summed E-state index contributed by atoms with van der Waals surface area (Å²) < 4.78 is 8.56. The number of rotatable bonds is 2. The van der Waals surface area contributed by atoms with Gasteiger partial charge in [-0.2, -0.15) is 0 Å². The minimum atomic E-state index is 0.540. The number of benzene rings is 2. The molecule has 2 aliphatic rings. The molecular weight excluding hydrogens is 284 g/mol. The van der Waals surface area contributed by atoms with Crippen molar-refractivity contribution < 1.29 is 4.74 Å². The molecule has 1 aliphatic heterocycles. The molecule has 3 aromatic rings. The maximum atomic E-state index is 6.04.